The van der Waals surface area contributed by atoms with Crippen LogP contribution in [0.4, 0.5) is 0 Å². The van der Waals surface area contributed by atoms with E-state index in [4.69, 9.17) is 4.74 Å². The summed E-state index contributed by atoms with van der Waals surface area (Å²) in [6.07, 6.45) is 4.43. The third-order valence-corrected chi connectivity index (χ3v) is 5.55. The van der Waals surface area contributed by atoms with Gasteiger partial charge in [0.1, 0.15) is 5.75 Å². The van der Waals surface area contributed by atoms with Gasteiger partial charge in [0.2, 0.25) is 0 Å². The van der Waals surface area contributed by atoms with Crippen molar-refractivity contribution >= 4 is 5.91 Å². The zero-order chi connectivity index (χ0) is 14.4. The second-order valence-corrected chi connectivity index (χ2v) is 6.60. The molecule has 4 unspecified atom stereocenters. The molecule has 2 saturated carbocycles. The van der Waals surface area contributed by atoms with Crippen LogP contribution in [0.25, 0.3) is 0 Å². The van der Waals surface area contributed by atoms with Crippen molar-refractivity contribution in [2.75, 3.05) is 13.2 Å². The Kier molecular flexibility index (Phi) is 3.14. The minimum Gasteiger partial charge on any atom is -0.493 e. The van der Waals surface area contributed by atoms with E-state index in [0.717, 1.165) is 24.2 Å². The zero-order valence-electron chi connectivity index (χ0n) is 12.0. The molecule has 0 saturated heterocycles. The Morgan fingerprint density at radius 3 is 3.05 bits per heavy atom. The lowest BCUT2D eigenvalue weighted by Crippen LogP contribution is -2.45. The molecular weight excluding hydrogens is 266 g/mol. The first-order chi connectivity index (χ1) is 10.3. The minimum atomic E-state index is -0.0132. The Bertz CT molecular complexity index is 571. The number of nitrogens with one attached hydrogen (secondary N) is 1. The molecule has 1 aromatic carbocycles. The van der Waals surface area contributed by atoms with Crippen LogP contribution in [0.2, 0.25) is 0 Å². The van der Waals surface area contributed by atoms with Gasteiger partial charge in [-0.2, -0.15) is 0 Å². The van der Waals surface area contributed by atoms with Crippen molar-refractivity contribution in [1.82, 2.24) is 5.32 Å². The molecule has 1 amide bonds. The topological polar surface area (TPSA) is 58.6 Å². The van der Waals surface area contributed by atoms with Crippen LogP contribution in [-0.2, 0) is 6.42 Å². The van der Waals surface area contributed by atoms with E-state index < -0.39 is 0 Å². The van der Waals surface area contributed by atoms with Gasteiger partial charge in [0.25, 0.3) is 5.91 Å². The molecule has 2 aliphatic carbocycles. The monoisotopic (exact) mass is 287 g/mol. The summed E-state index contributed by atoms with van der Waals surface area (Å²) in [4.78, 5) is 12.5. The molecule has 0 spiro atoms. The molecule has 4 nitrogen and oxygen atoms in total. The van der Waals surface area contributed by atoms with Gasteiger partial charge in [-0.15, -0.1) is 0 Å². The molecule has 2 N–H and O–H groups in total. The fourth-order valence-corrected chi connectivity index (χ4v) is 4.46. The lowest BCUT2D eigenvalue weighted by atomic mass is 9.85. The van der Waals surface area contributed by atoms with E-state index in [-0.39, 0.29) is 24.5 Å². The van der Waals surface area contributed by atoms with Crippen LogP contribution in [0.5, 0.6) is 5.75 Å². The summed E-state index contributed by atoms with van der Waals surface area (Å²) >= 11 is 0. The summed E-state index contributed by atoms with van der Waals surface area (Å²) in [5.41, 5.74) is 1.83. The third kappa shape index (κ3) is 2.13. The van der Waals surface area contributed by atoms with Gasteiger partial charge in [-0.05, 0) is 54.9 Å². The second-order valence-electron chi connectivity index (χ2n) is 6.60. The first-order valence-electron chi connectivity index (χ1n) is 7.93. The Balaban J connectivity index is 1.51. The maximum atomic E-state index is 12.5. The number of fused-ring (bicyclic) bond motifs is 3. The fourth-order valence-electron chi connectivity index (χ4n) is 4.46. The van der Waals surface area contributed by atoms with Gasteiger partial charge in [0.05, 0.1) is 6.61 Å². The van der Waals surface area contributed by atoms with Gasteiger partial charge in [-0.1, -0.05) is 0 Å². The third-order valence-electron chi connectivity index (χ3n) is 5.55. The quantitative estimate of drug-likeness (QED) is 0.890. The van der Waals surface area contributed by atoms with Gasteiger partial charge in [0, 0.05) is 30.6 Å². The first kappa shape index (κ1) is 13.1. The van der Waals surface area contributed by atoms with Crippen molar-refractivity contribution in [3.8, 4) is 5.75 Å². The average molecular weight is 287 g/mol. The lowest BCUT2D eigenvalue weighted by Gasteiger charge is -2.30. The van der Waals surface area contributed by atoms with E-state index >= 15 is 0 Å². The summed E-state index contributed by atoms with van der Waals surface area (Å²) in [6, 6.07) is 5.81. The summed E-state index contributed by atoms with van der Waals surface area (Å²) in [5.74, 6) is 2.28. The summed E-state index contributed by atoms with van der Waals surface area (Å²) in [7, 11) is 0. The van der Waals surface area contributed by atoms with Crippen LogP contribution >= 0.6 is 0 Å². The van der Waals surface area contributed by atoms with E-state index in [9.17, 15) is 9.90 Å². The Labute approximate surface area is 124 Å². The maximum absolute atomic E-state index is 12.5. The molecule has 4 heteroatoms. The number of aliphatic hydroxyl groups is 1. The Morgan fingerprint density at radius 1 is 1.33 bits per heavy atom. The van der Waals surface area contributed by atoms with Crippen LogP contribution in [-0.4, -0.2) is 30.3 Å². The molecule has 112 valence electrons. The van der Waals surface area contributed by atoms with Gasteiger partial charge >= 0.3 is 0 Å². The number of hydrogen-bond donors (Lipinski definition) is 2. The lowest BCUT2D eigenvalue weighted by molar-refractivity contribution is 0.0861. The van der Waals surface area contributed by atoms with E-state index in [0.29, 0.717) is 24.0 Å². The number of amides is 1. The second kappa shape index (κ2) is 5.02. The van der Waals surface area contributed by atoms with Crippen molar-refractivity contribution in [3.05, 3.63) is 29.3 Å². The molecule has 1 aromatic rings. The Morgan fingerprint density at radius 2 is 2.19 bits per heavy atom. The maximum Gasteiger partial charge on any atom is 0.251 e. The van der Waals surface area contributed by atoms with Crippen LogP contribution < -0.4 is 10.1 Å². The molecule has 2 bridgehead atoms. The highest BCUT2D eigenvalue weighted by Crippen LogP contribution is 2.48. The first-order valence-corrected chi connectivity index (χ1v) is 7.93. The van der Waals surface area contributed by atoms with Crippen molar-refractivity contribution < 1.29 is 14.6 Å². The largest absolute Gasteiger partial charge is 0.493 e. The molecule has 1 heterocycles. The van der Waals surface area contributed by atoms with Crippen LogP contribution in [0.3, 0.4) is 0 Å². The number of benzene rings is 1. The summed E-state index contributed by atoms with van der Waals surface area (Å²) < 4.78 is 5.48. The van der Waals surface area contributed by atoms with E-state index in [1.807, 2.05) is 18.2 Å². The smallest absolute Gasteiger partial charge is 0.251 e. The molecule has 1 aliphatic heterocycles. The van der Waals surface area contributed by atoms with Gasteiger partial charge in [-0.3, -0.25) is 4.79 Å². The number of carbonyl (C=O) groups excluding carboxylic acids is 1. The molecule has 3 aliphatic rings. The van der Waals surface area contributed by atoms with Crippen molar-refractivity contribution in [3.63, 3.8) is 0 Å². The van der Waals surface area contributed by atoms with Crippen molar-refractivity contribution in [2.24, 2.45) is 17.8 Å². The van der Waals surface area contributed by atoms with Crippen molar-refractivity contribution in [1.29, 1.82) is 0 Å². The van der Waals surface area contributed by atoms with Gasteiger partial charge in [0.15, 0.2) is 0 Å². The summed E-state index contributed by atoms with van der Waals surface area (Å²) in [6.45, 7) is 0.892. The number of aliphatic hydroxyl groups excluding tert-OH is 1. The number of rotatable bonds is 3. The molecule has 21 heavy (non-hydrogen) atoms. The normalized spacial score (nSPS) is 32.8. The van der Waals surface area contributed by atoms with E-state index in [1.54, 1.807) is 0 Å². The molecule has 0 radical (unpaired) electrons. The van der Waals surface area contributed by atoms with Crippen LogP contribution in [0, 0.1) is 17.8 Å². The Hall–Kier alpha value is -1.55. The highest BCUT2D eigenvalue weighted by Gasteiger charge is 2.47. The zero-order valence-corrected chi connectivity index (χ0v) is 12.0. The molecule has 0 aromatic heterocycles. The van der Waals surface area contributed by atoms with E-state index in [2.05, 4.69) is 5.32 Å². The SMILES string of the molecule is O=C(NC1C2CCC(C2)C1CO)c1ccc2c(c1)CCO2. The van der Waals surface area contributed by atoms with Gasteiger partial charge < -0.3 is 15.2 Å². The van der Waals surface area contributed by atoms with Crippen LogP contribution in [0.1, 0.15) is 35.2 Å². The summed E-state index contributed by atoms with van der Waals surface area (Å²) in [5, 5.41) is 12.8. The average Bonchev–Trinajstić information content (AvgIpc) is 3.21. The predicted molar refractivity (Wildman–Crippen MR) is 78.3 cm³/mol. The standard InChI is InChI=1S/C17H21NO3/c19-9-14-10-1-2-12(7-10)16(14)18-17(20)13-3-4-15-11(8-13)5-6-21-15/h3-4,8,10,12,14,16,19H,1-2,5-7,9H2,(H,18,20). The minimum absolute atomic E-state index is 0.0132. The number of ether oxygens (including phenoxy) is 1. The molecular formula is C17H21NO3. The highest BCUT2D eigenvalue weighted by atomic mass is 16.5. The van der Waals surface area contributed by atoms with Gasteiger partial charge in [-0.25, -0.2) is 0 Å². The van der Waals surface area contributed by atoms with E-state index in [1.165, 1.54) is 12.8 Å². The highest BCUT2D eigenvalue weighted by molar-refractivity contribution is 5.95. The van der Waals surface area contributed by atoms with Crippen molar-refractivity contribution in [2.45, 2.75) is 31.7 Å². The number of carbonyl (C=O) groups is 1. The molecule has 4 rings (SSSR count). The van der Waals surface area contributed by atoms with Crippen LogP contribution in [0.15, 0.2) is 18.2 Å². The molecule has 4 atom stereocenters. The fraction of sp³-hybridized carbons (Fsp3) is 0.588. The molecule has 2 fully saturated rings. The predicted octanol–water partition coefficient (Wildman–Crippen LogP) is 1.76. The number of hydrogen-bond acceptors (Lipinski definition) is 3.